The number of halogens is 1. The van der Waals surface area contributed by atoms with Gasteiger partial charge in [0.15, 0.2) is 0 Å². The minimum atomic E-state index is -0.131. The van der Waals surface area contributed by atoms with Crippen molar-refractivity contribution in [2.45, 2.75) is 18.8 Å². The summed E-state index contributed by atoms with van der Waals surface area (Å²) in [6.07, 6.45) is 2.57. The molecule has 2 atom stereocenters. The lowest BCUT2D eigenvalue weighted by atomic mass is 9.98. The smallest absolute Gasteiger partial charge is 0.123 e. The molecule has 2 aliphatic rings. The molecule has 0 amide bonds. The highest BCUT2D eigenvalue weighted by molar-refractivity contribution is 5.31. The van der Waals surface area contributed by atoms with E-state index in [1.807, 2.05) is 12.1 Å². The number of rotatable bonds is 1. The second-order valence-corrected chi connectivity index (χ2v) is 4.60. The van der Waals surface area contributed by atoms with Gasteiger partial charge in [-0.05, 0) is 48.4 Å². The van der Waals surface area contributed by atoms with Crippen molar-refractivity contribution < 1.29 is 4.39 Å². The molecular formula is C12H14FN. The Morgan fingerprint density at radius 2 is 2.07 bits per heavy atom. The van der Waals surface area contributed by atoms with Crippen LogP contribution in [0.1, 0.15) is 24.3 Å². The van der Waals surface area contributed by atoms with E-state index in [1.165, 1.54) is 18.4 Å². The molecule has 1 spiro atoms. The standard InChI is InChI=1S/C12H14FN/c13-10-3-1-9(2-4-10)11-7-12(11)5-6-14-8-12/h1-4,11,14H,5-8H2/t11?,12-/m1/s1. The topological polar surface area (TPSA) is 12.0 Å². The summed E-state index contributed by atoms with van der Waals surface area (Å²) in [5.41, 5.74) is 1.84. The third-order valence-corrected chi connectivity index (χ3v) is 3.74. The minimum Gasteiger partial charge on any atom is -0.316 e. The molecule has 3 rings (SSSR count). The Labute approximate surface area is 83.3 Å². The molecule has 0 bridgehead atoms. The fourth-order valence-electron chi connectivity index (χ4n) is 2.75. The van der Waals surface area contributed by atoms with E-state index < -0.39 is 0 Å². The quantitative estimate of drug-likeness (QED) is 0.718. The van der Waals surface area contributed by atoms with Crippen molar-refractivity contribution in [1.29, 1.82) is 0 Å². The molecule has 14 heavy (non-hydrogen) atoms. The van der Waals surface area contributed by atoms with E-state index in [1.54, 1.807) is 12.1 Å². The predicted molar refractivity (Wildman–Crippen MR) is 53.7 cm³/mol. The molecule has 1 aromatic carbocycles. The van der Waals surface area contributed by atoms with Gasteiger partial charge in [-0.3, -0.25) is 0 Å². The summed E-state index contributed by atoms with van der Waals surface area (Å²) in [5.74, 6) is 0.547. The monoisotopic (exact) mass is 191 g/mol. The Balaban J connectivity index is 1.82. The molecular weight excluding hydrogens is 177 g/mol. The van der Waals surface area contributed by atoms with Crippen molar-refractivity contribution in [2.24, 2.45) is 5.41 Å². The average Bonchev–Trinajstić information content (AvgIpc) is 2.68. The number of hydrogen-bond acceptors (Lipinski definition) is 1. The van der Waals surface area contributed by atoms with Gasteiger partial charge in [0.2, 0.25) is 0 Å². The molecule has 1 nitrogen and oxygen atoms in total. The first-order valence-corrected chi connectivity index (χ1v) is 5.26. The molecule has 1 unspecified atom stereocenters. The Hall–Kier alpha value is -0.890. The second kappa shape index (κ2) is 2.80. The van der Waals surface area contributed by atoms with Crippen LogP contribution in [0.25, 0.3) is 0 Å². The first-order valence-electron chi connectivity index (χ1n) is 5.26. The van der Waals surface area contributed by atoms with Gasteiger partial charge in [0.05, 0.1) is 0 Å². The zero-order valence-electron chi connectivity index (χ0n) is 8.09. The van der Waals surface area contributed by atoms with Crippen LogP contribution in [0.3, 0.4) is 0 Å². The predicted octanol–water partition coefficient (Wildman–Crippen LogP) is 2.29. The lowest BCUT2D eigenvalue weighted by molar-refractivity contribution is 0.548. The van der Waals surface area contributed by atoms with Gasteiger partial charge in [-0.2, -0.15) is 0 Å². The van der Waals surface area contributed by atoms with Crippen LogP contribution < -0.4 is 5.32 Å². The molecule has 2 heteroatoms. The molecule has 1 saturated heterocycles. The van der Waals surface area contributed by atoms with Gasteiger partial charge in [-0.25, -0.2) is 4.39 Å². The number of benzene rings is 1. The van der Waals surface area contributed by atoms with Crippen molar-refractivity contribution in [1.82, 2.24) is 5.32 Å². The molecule has 1 aliphatic heterocycles. The fourth-order valence-corrected chi connectivity index (χ4v) is 2.75. The van der Waals surface area contributed by atoms with Crippen LogP contribution in [-0.2, 0) is 0 Å². The molecule has 1 aliphatic carbocycles. The van der Waals surface area contributed by atoms with Crippen LogP contribution in [0.5, 0.6) is 0 Å². The summed E-state index contributed by atoms with van der Waals surface area (Å²) < 4.78 is 12.7. The SMILES string of the molecule is Fc1ccc(C2C[C@@]23CCNC3)cc1. The summed E-state index contributed by atoms with van der Waals surface area (Å²) in [7, 11) is 0. The van der Waals surface area contributed by atoms with E-state index in [9.17, 15) is 4.39 Å². The van der Waals surface area contributed by atoms with Gasteiger partial charge < -0.3 is 5.32 Å². The van der Waals surface area contributed by atoms with E-state index in [0.717, 1.165) is 13.1 Å². The van der Waals surface area contributed by atoms with Crippen molar-refractivity contribution in [3.63, 3.8) is 0 Å². The lowest BCUT2D eigenvalue weighted by Crippen LogP contribution is -2.10. The Morgan fingerprint density at radius 3 is 2.71 bits per heavy atom. The number of hydrogen-bond donors (Lipinski definition) is 1. The third kappa shape index (κ3) is 1.17. The van der Waals surface area contributed by atoms with E-state index in [4.69, 9.17) is 0 Å². The summed E-state index contributed by atoms with van der Waals surface area (Å²) in [6, 6.07) is 7.02. The van der Waals surface area contributed by atoms with Crippen LogP contribution in [-0.4, -0.2) is 13.1 Å². The highest BCUT2D eigenvalue weighted by Crippen LogP contribution is 2.62. The highest BCUT2D eigenvalue weighted by atomic mass is 19.1. The average molecular weight is 191 g/mol. The van der Waals surface area contributed by atoms with E-state index >= 15 is 0 Å². The van der Waals surface area contributed by atoms with Gasteiger partial charge in [0.1, 0.15) is 5.82 Å². The van der Waals surface area contributed by atoms with Gasteiger partial charge in [0, 0.05) is 6.54 Å². The first kappa shape index (κ1) is 8.42. The molecule has 74 valence electrons. The summed E-state index contributed by atoms with van der Waals surface area (Å²) in [6.45, 7) is 2.30. The van der Waals surface area contributed by atoms with Crippen molar-refractivity contribution in [3.05, 3.63) is 35.6 Å². The van der Waals surface area contributed by atoms with Crippen LogP contribution >= 0.6 is 0 Å². The largest absolute Gasteiger partial charge is 0.316 e. The molecule has 2 fully saturated rings. The normalized spacial score (nSPS) is 35.1. The van der Waals surface area contributed by atoms with Crippen molar-refractivity contribution in [3.8, 4) is 0 Å². The minimum absolute atomic E-state index is 0.131. The van der Waals surface area contributed by atoms with Crippen LogP contribution in [0.2, 0.25) is 0 Å². The molecule has 0 aromatic heterocycles. The van der Waals surface area contributed by atoms with Gasteiger partial charge >= 0.3 is 0 Å². The maximum absolute atomic E-state index is 12.7. The van der Waals surface area contributed by atoms with Crippen LogP contribution in [0.15, 0.2) is 24.3 Å². The molecule has 1 saturated carbocycles. The van der Waals surface area contributed by atoms with Crippen molar-refractivity contribution in [2.75, 3.05) is 13.1 Å². The van der Waals surface area contributed by atoms with Crippen LogP contribution in [0, 0.1) is 11.2 Å². The molecule has 0 radical (unpaired) electrons. The Kier molecular flexibility index (Phi) is 1.68. The molecule has 1 N–H and O–H groups in total. The first-order chi connectivity index (χ1) is 6.80. The maximum Gasteiger partial charge on any atom is 0.123 e. The van der Waals surface area contributed by atoms with Gasteiger partial charge in [-0.1, -0.05) is 12.1 Å². The highest BCUT2D eigenvalue weighted by Gasteiger charge is 2.55. The Bertz CT molecular complexity index is 338. The van der Waals surface area contributed by atoms with E-state index in [0.29, 0.717) is 11.3 Å². The third-order valence-electron chi connectivity index (χ3n) is 3.74. The van der Waals surface area contributed by atoms with E-state index in [-0.39, 0.29) is 5.82 Å². The summed E-state index contributed by atoms with van der Waals surface area (Å²) in [5, 5.41) is 3.41. The summed E-state index contributed by atoms with van der Waals surface area (Å²) in [4.78, 5) is 0. The number of nitrogens with one attached hydrogen (secondary N) is 1. The zero-order valence-corrected chi connectivity index (χ0v) is 8.09. The molecule has 1 heterocycles. The van der Waals surface area contributed by atoms with Gasteiger partial charge in [-0.15, -0.1) is 0 Å². The second-order valence-electron chi connectivity index (χ2n) is 4.60. The zero-order chi connectivity index (χ0) is 9.60. The van der Waals surface area contributed by atoms with Gasteiger partial charge in [0.25, 0.3) is 0 Å². The maximum atomic E-state index is 12.7. The molecule has 1 aromatic rings. The van der Waals surface area contributed by atoms with Crippen LogP contribution in [0.4, 0.5) is 4.39 Å². The van der Waals surface area contributed by atoms with E-state index in [2.05, 4.69) is 5.32 Å². The van der Waals surface area contributed by atoms with Crippen molar-refractivity contribution >= 4 is 0 Å². The summed E-state index contributed by atoms with van der Waals surface area (Å²) >= 11 is 0. The Morgan fingerprint density at radius 1 is 1.29 bits per heavy atom. The fraction of sp³-hybridized carbons (Fsp3) is 0.500. The lowest BCUT2D eigenvalue weighted by Gasteiger charge is -2.06.